The Kier molecular flexibility index (Phi) is 5.43. The van der Waals surface area contributed by atoms with Crippen molar-refractivity contribution in [1.82, 2.24) is 0 Å². The maximum absolute atomic E-state index is 13.3. The molecule has 1 unspecified atom stereocenters. The van der Waals surface area contributed by atoms with Crippen molar-refractivity contribution in [3.8, 4) is 0 Å². The van der Waals surface area contributed by atoms with Crippen molar-refractivity contribution in [2.75, 3.05) is 6.67 Å². The van der Waals surface area contributed by atoms with Gasteiger partial charge in [0.1, 0.15) is 12.3 Å². The van der Waals surface area contributed by atoms with E-state index in [9.17, 15) is 9.18 Å². The number of hydrogen-bond donors (Lipinski definition) is 0. The lowest BCUT2D eigenvalue weighted by molar-refractivity contribution is -0.173. The van der Waals surface area contributed by atoms with Crippen molar-refractivity contribution >= 4 is 5.97 Å². The summed E-state index contributed by atoms with van der Waals surface area (Å²) in [4.78, 5) is 12.1. The fourth-order valence-corrected chi connectivity index (χ4v) is 1.75. The lowest BCUT2D eigenvalue weighted by Gasteiger charge is -2.35. The molecular formula is C13H25FO2. The van der Waals surface area contributed by atoms with Crippen LogP contribution in [-0.2, 0) is 9.53 Å². The number of esters is 1. The molecule has 96 valence electrons. The number of carbonyl (C=O) groups excluding carboxylic acids is 1. The lowest BCUT2D eigenvalue weighted by atomic mass is 9.74. The third kappa shape index (κ3) is 3.46. The van der Waals surface area contributed by atoms with Crippen LogP contribution in [0, 0.1) is 11.3 Å². The van der Waals surface area contributed by atoms with Crippen LogP contribution >= 0.6 is 0 Å². The summed E-state index contributed by atoms with van der Waals surface area (Å²) in [6.45, 7) is 10.5. The second kappa shape index (κ2) is 5.65. The van der Waals surface area contributed by atoms with Crippen molar-refractivity contribution in [1.29, 1.82) is 0 Å². The van der Waals surface area contributed by atoms with Crippen LogP contribution in [0.15, 0.2) is 0 Å². The summed E-state index contributed by atoms with van der Waals surface area (Å²) < 4.78 is 18.6. The minimum Gasteiger partial charge on any atom is -0.459 e. The van der Waals surface area contributed by atoms with E-state index < -0.39 is 23.7 Å². The molecule has 3 heteroatoms. The molecule has 0 N–H and O–H groups in total. The molecular weight excluding hydrogens is 207 g/mol. The first kappa shape index (κ1) is 15.4. The SMILES string of the molecule is CC[C@@H](C)C(CC)(CF)C(=O)OC(C)(C)C. The number of ether oxygens (including phenoxy) is 1. The summed E-state index contributed by atoms with van der Waals surface area (Å²) in [5, 5.41) is 0. The van der Waals surface area contributed by atoms with E-state index in [2.05, 4.69) is 0 Å². The molecule has 0 radical (unpaired) electrons. The van der Waals surface area contributed by atoms with Crippen LogP contribution in [0.4, 0.5) is 4.39 Å². The Hall–Kier alpha value is -0.600. The molecule has 2 atom stereocenters. The fraction of sp³-hybridized carbons (Fsp3) is 0.923. The van der Waals surface area contributed by atoms with Crippen molar-refractivity contribution in [2.45, 2.75) is 60.0 Å². The van der Waals surface area contributed by atoms with Gasteiger partial charge in [0.2, 0.25) is 0 Å². The van der Waals surface area contributed by atoms with Gasteiger partial charge in [0.05, 0.1) is 5.41 Å². The van der Waals surface area contributed by atoms with Crippen molar-refractivity contribution in [2.24, 2.45) is 11.3 Å². The highest BCUT2D eigenvalue weighted by atomic mass is 19.1. The van der Waals surface area contributed by atoms with E-state index in [1.54, 1.807) is 20.8 Å². The Morgan fingerprint density at radius 3 is 2.06 bits per heavy atom. The Labute approximate surface area is 98.6 Å². The zero-order valence-corrected chi connectivity index (χ0v) is 11.4. The summed E-state index contributed by atoms with van der Waals surface area (Å²) in [6, 6.07) is 0. The van der Waals surface area contributed by atoms with E-state index in [1.807, 2.05) is 20.8 Å². The summed E-state index contributed by atoms with van der Waals surface area (Å²) in [6.07, 6.45) is 1.25. The molecule has 0 spiro atoms. The van der Waals surface area contributed by atoms with Gasteiger partial charge in [-0.05, 0) is 33.1 Å². The van der Waals surface area contributed by atoms with Crippen LogP contribution in [-0.4, -0.2) is 18.2 Å². The molecule has 0 aliphatic heterocycles. The molecule has 16 heavy (non-hydrogen) atoms. The first-order valence-electron chi connectivity index (χ1n) is 6.03. The Morgan fingerprint density at radius 1 is 1.31 bits per heavy atom. The molecule has 0 bridgehead atoms. The van der Waals surface area contributed by atoms with Gasteiger partial charge in [-0.25, -0.2) is 4.39 Å². The van der Waals surface area contributed by atoms with Crippen LogP contribution in [0.3, 0.4) is 0 Å². The van der Waals surface area contributed by atoms with Crippen LogP contribution in [0.1, 0.15) is 54.4 Å². The second-order valence-electron chi connectivity index (χ2n) is 5.45. The molecule has 0 rings (SSSR count). The summed E-state index contributed by atoms with van der Waals surface area (Å²) in [5.41, 5.74) is -1.53. The minimum absolute atomic E-state index is 0.00245. The van der Waals surface area contributed by atoms with Crippen LogP contribution in [0.2, 0.25) is 0 Å². The average molecular weight is 232 g/mol. The first-order chi connectivity index (χ1) is 7.23. The van der Waals surface area contributed by atoms with Crippen molar-refractivity contribution in [3.63, 3.8) is 0 Å². The predicted molar refractivity (Wildman–Crippen MR) is 64.0 cm³/mol. The van der Waals surface area contributed by atoms with Gasteiger partial charge in [0, 0.05) is 0 Å². The van der Waals surface area contributed by atoms with Crippen molar-refractivity contribution < 1.29 is 13.9 Å². The molecule has 0 aromatic rings. The molecule has 0 aliphatic carbocycles. The van der Waals surface area contributed by atoms with E-state index in [0.717, 1.165) is 6.42 Å². The highest BCUT2D eigenvalue weighted by molar-refractivity contribution is 5.77. The molecule has 0 aliphatic rings. The smallest absolute Gasteiger partial charge is 0.315 e. The summed E-state index contributed by atoms with van der Waals surface area (Å²) >= 11 is 0. The fourth-order valence-electron chi connectivity index (χ4n) is 1.75. The Morgan fingerprint density at radius 2 is 1.81 bits per heavy atom. The molecule has 0 saturated heterocycles. The second-order valence-corrected chi connectivity index (χ2v) is 5.45. The van der Waals surface area contributed by atoms with Crippen LogP contribution in [0.5, 0.6) is 0 Å². The monoisotopic (exact) mass is 232 g/mol. The van der Waals surface area contributed by atoms with Gasteiger partial charge < -0.3 is 4.74 Å². The first-order valence-corrected chi connectivity index (χ1v) is 6.03. The van der Waals surface area contributed by atoms with Crippen LogP contribution < -0.4 is 0 Å². The van der Waals surface area contributed by atoms with E-state index in [1.165, 1.54) is 0 Å². The minimum atomic E-state index is -0.970. The molecule has 0 heterocycles. The topological polar surface area (TPSA) is 26.3 Å². The number of carbonyl (C=O) groups is 1. The van der Waals surface area contributed by atoms with Gasteiger partial charge in [-0.3, -0.25) is 4.79 Å². The number of alkyl halides is 1. The maximum atomic E-state index is 13.3. The van der Waals surface area contributed by atoms with Gasteiger partial charge in [-0.2, -0.15) is 0 Å². The maximum Gasteiger partial charge on any atom is 0.315 e. The van der Waals surface area contributed by atoms with Gasteiger partial charge in [-0.15, -0.1) is 0 Å². The largest absolute Gasteiger partial charge is 0.459 e. The third-order valence-electron chi connectivity index (χ3n) is 3.23. The quantitative estimate of drug-likeness (QED) is 0.675. The van der Waals surface area contributed by atoms with E-state index >= 15 is 0 Å². The normalized spacial score (nSPS) is 17.7. The molecule has 0 amide bonds. The average Bonchev–Trinajstić information content (AvgIpc) is 2.17. The van der Waals surface area contributed by atoms with Gasteiger partial charge in [0.15, 0.2) is 0 Å². The van der Waals surface area contributed by atoms with Crippen LogP contribution in [0.25, 0.3) is 0 Å². The van der Waals surface area contributed by atoms with Gasteiger partial charge >= 0.3 is 5.97 Å². The molecule has 0 fully saturated rings. The lowest BCUT2D eigenvalue weighted by Crippen LogP contribution is -2.43. The number of rotatable bonds is 5. The highest BCUT2D eigenvalue weighted by Gasteiger charge is 2.44. The highest BCUT2D eigenvalue weighted by Crippen LogP contribution is 2.37. The zero-order valence-electron chi connectivity index (χ0n) is 11.4. The summed E-state index contributed by atoms with van der Waals surface area (Å²) in [7, 11) is 0. The number of hydrogen-bond acceptors (Lipinski definition) is 2. The zero-order chi connectivity index (χ0) is 13.0. The summed E-state index contributed by atoms with van der Waals surface area (Å²) in [5.74, 6) is -0.406. The molecule has 0 aromatic carbocycles. The predicted octanol–water partition coefficient (Wildman–Crippen LogP) is 3.74. The standard InChI is InChI=1S/C13H25FO2/c1-7-10(3)13(8-2,9-14)11(15)16-12(4,5)6/h10H,7-9H2,1-6H3/t10-,13?/m1/s1. The van der Waals surface area contributed by atoms with E-state index in [-0.39, 0.29) is 5.92 Å². The van der Waals surface area contributed by atoms with Crippen molar-refractivity contribution in [3.05, 3.63) is 0 Å². The number of halogens is 1. The molecule has 0 saturated carbocycles. The third-order valence-corrected chi connectivity index (χ3v) is 3.23. The van der Waals surface area contributed by atoms with Gasteiger partial charge in [0.25, 0.3) is 0 Å². The van der Waals surface area contributed by atoms with E-state index in [0.29, 0.717) is 6.42 Å². The molecule has 2 nitrogen and oxygen atoms in total. The van der Waals surface area contributed by atoms with Gasteiger partial charge in [-0.1, -0.05) is 27.2 Å². The Bertz CT molecular complexity index is 227. The van der Waals surface area contributed by atoms with E-state index in [4.69, 9.17) is 4.74 Å². The Balaban J connectivity index is 4.97. The molecule has 0 aromatic heterocycles.